The number of furan rings is 1. The minimum atomic E-state index is 0.217. The van der Waals surface area contributed by atoms with Gasteiger partial charge in [-0.05, 0) is 51.4 Å². The third-order valence-corrected chi connectivity index (χ3v) is 5.17. The lowest BCUT2D eigenvalue weighted by atomic mass is 10.1. The summed E-state index contributed by atoms with van der Waals surface area (Å²) in [6.07, 6.45) is 2.47. The fourth-order valence-corrected chi connectivity index (χ4v) is 3.73. The molecular formula is C17H29N3O. The smallest absolute Gasteiger partial charge is 0.122 e. The third kappa shape index (κ3) is 3.17. The van der Waals surface area contributed by atoms with Gasteiger partial charge >= 0.3 is 0 Å². The standard InChI is InChI=1S/C17H29N3O/c1-12-9-14(12)16-5-6-17(21-16)15(10-18)20-8-4-7-19(3)11-13(20)2/h5-6,12-15H,4,7-11,18H2,1-3H3. The molecule has 2 heterocycles. The van der Waals surface area contributed by atoms with E-state index in [4.69, 9.17) is 10.2 Å². The molecule has 1 saturated carbocycles. The van der Waals surface area contributed by atoms with E-state index in [-0.39, 0.29) is 6.04 Å². The molecule has 0 bridgehead atoms. The summed E-state index contributed by atoms with van der Waals surface area (Å²) in [7, 11) is 2.21. The number of likely N-dealkylation sites (N-methyl/N-ethyl adjacent to an activating group) is 1. The van der Waals surface area contributed by atoms with Crippen molar-refractivity contribution in [2.75, 3.05) is 33.2 Å². The first kappa shape index (κ1) is 15.1. The van der Waals surface area contributed by atoms with Gasteiger partial charge in [-0.3, -0.25) is 4.90 Å². The van der Waals surface area contributed by atoms with Gasteiger partial charge in [0.25, 0.3) is 0 Å². The maximum atomic E-state index is 6.16. The second-order valence-electron chi connectivity index (χ2n) is 7.01. The minimum absolute atomic E-state index is 0.217. The Bertz CT molecular complexity index is 472. The lowest BCUT2D eigenvalue weighted by Crippen LogP contribution is -2.42. The molecule has 0 spiro atoms. The predicted molar refractivity (Wildman–Crippen MR) is 85.3 cm³/mol. The SMILES string of the molecule is CC1CC1c1ccc(C(CN)N2CCCN(C)CC2C)o1. The Hall–Kier alpha value is -0.840. The van der Waals surface area contributed by atoms with Gasteiger partial charge in [-0.15, -0.1) is 0 Å². The van der Waals surface area contributed by atoms with Crippen LogP contribution in [0.4, 0.5) is 0 Å². The highest BCUT2D eigenvalue weighted by molar-refractivity contribution is 5.19. The number of hydrogen-bond donors (Lipinski definition) is 1. The Kier molecular flexibility index (Phi) is 4.38. The van der Waals surface area contributed by atoms with Crippen LogP contribution in [0, 0.1) is 5.92 Å². The van der Waals surface area contributed by atoms with E-state index >= 15 is 0 Å². The van der Waals surface area contributed by atoms with Crippen molar-refractivity contribution in [1.29, 1.82) is 0 Å². The number of nitrogens with two attached hydrogens (primary N) is 1. The molecule has 21 heavy (non-hydrogen) atoms. The van der Waals surface area contributed by atoms with Crippen molar-refractivity contribution in [2.45, 2.75) is 44.7 Å². The molecular weight excluding hydrogens is 262 g/mol. The zero-order valence-corrected chi connectivity index (χ0v) is 13.6. The largest absolute Gasteiger partial charge is 0.464 e. The predicted octanol–water partition coefficient (Wildman–Crippen LogP) is 2.43. The Labute approximate surface area is 128 Å². The average Bonchev–Trinajstić information content (AvgIpc) is 3.03. The third-order valence-electron chi connectivity index (χ3n) is 5.17. The number of rotatable bonds is 4. The fourth-order valence-electron chi connectivity index (χ4n) is 3.73. The maximum absolute atomic E-state index is 6.16. The van der Waals surface area contributed by atoms with Gasteiger partial charge in [0.05, 0.1) is 6.04 Å². The van der Waals surface area contributed by atoms with Gasteiger partial charge in [-0.25, -0.2) is 0 Å². The number of hydrogen-bond acceptors (Lipinski definition) is 4. The summed E-state index contributed by atoms with van der Waals surface area (Å²) in [5, 5.41) is 0. The molecule has 4 nitrogen and oxygen atoms in total. The lowest BCUT2D eigenvalue weighted by Gasteiger charge is -2.33. The molecule has 4 atom stereocenters. The first-order valence-electron chi connectivity index (χ1n) is 8.34. The highest BCUT2D eigenvalue weighted by Crippen LogP contribution is 2.47. The zero-order valence-electron chi connectivity index (χ0n) is 13.6. The molecule has 1 aromatic heterocycles. The van der Waals surface area contributed by atoms with Crippen molar-refractivity contribution in [1.82, 2.24) is 9.80 Å². The van der Waals surface area contributed by atoms with Crippen LogP contribution < -0.4 is 5.73 Å². The van der Waals surface area contributed by atoms with Crippen molar-refractivity contribution in [3.05, 3.63) is 23.7 Å². The van der Waals surface area contributed by atoms with E-state index in [9.17, 15) is 0 Å². The van der Waals surface area contributed by atoms with E-state index in [1.54, 1.807) is 0 Å². The minimum Gasteiger partial charge on any atom is -0.464 e. The highest BCUT2D eigenvalue weighted by atomic mass is 16.3. The molecule has 3 rings (SSSR count). The molecule has 1 aromatic rings. The molecule has 4 heteroatoms. The lowest BCUT2D eigenvalue weighted by molar-refractivity contribution is 0.129. The van der Waals surface area contributed by atoms with Gasteiger partial charge in [0.15, 0.2) is 0 Å². The van der Waals surface area contributed by atoms with Gasteiger partial charge in [0, 0.05) is 31.6 Å². The van der Waals surface area contributed by atoms with Crippen LogP contribution >= 0.6 is 0 Å². The molecule has 2 N–H and O–H groups in total. The van der Waals surface area contributed by atoms with Crippen LogP contribution in [-0.4, -0.2) is 49.1 Å². The summed E-state index contributed by atoms with van der Waals surface area (Å²) in [6, 6.07) is 5.05. The summed E-state index contributed by atoms with van der Waals surface area (Å²) in [4.78, 5) is 4.94. The molecule has 1 saturated heterocycles. The summed E-state index contributed by atoms with van der Waals surface area (Å²) < 4.78 is 6.16. The van der Waals surface area contributed by atoms with Gasteiger partial charge in [0.2, 0.25) is 0 Å². The van der Waals surface area contributed by atoms with E-state index in [1.165, 1.54) is 19.4 Å². The van der Waals surface area contributed by atoms with E-state index < -0.39 is 0 Å². The normalized spacial score (nSPS) is 32.9. The van der Waals surface area contributed by atoms with Gasteiger partial charge in [-0.1, -0.05) is 6.92 Å². The summed E-state index contributed by atoms with van der Waals surface area (Å²) in [5.74, 6) is 3.65. The zero-order chi connectivity index (χ0) is 15.0. The quantitative estimate of drug-likeness (QED) is 0.925. The summed E-state index contributed by atoms with van der Waals surface area (Å²) >= 11 is 0. The topological polar surface area (TPSA) is 45.6 Å². The molecule has 0 radical (unpaired) electrons. The summed E-state index contributed by atoms with van der Waals surface area (Å²) in [5.41, 5.74) is 6.10. The maximum Gasteiger partial charge on any atom is 0.122 e. The average molecular weight is 291 g/mol. The molecule has 118 valence electrons. The molecule has 2 aliphatic rings. The second-order valence-corrected chi connectivity index (χ2v) is 7.01. The second kappa shape index (κ2) is 6.11. The van der Waals surface area contributed by atoms with Crippen LogP contribution in [-0.2, 0) is 0 Å². The van der Waals surface area contributed by atoms with Crippen LogP contribution in [0.15, 0.2) is 16.5 Å². The fraction of sp³-hybridized carbons (Fsp3) is 0.765. The van der Waals surface area contributed by atoms with Crippen LogP contribution in [0.5, 0.6) is 0 Å². The molecule has 0 aromatic carbocycles. The van der Waals surface area contributed by atoms with Crippen molar-refractivity contribution in [3.63, 3.8) is 0 Å². The van der Waals surface area contributed by atoms with Crippen molar-refractivity contribution in [2.24, 2.45) is 11.7 Å². The van der Waals surface area contributed by atoms with E-state index in [0.717, 1.165) is 30.5 Å². The Balaban J connectivity index is 1.75. The Morgan fingerprint density at radius 2 is 2.10 bits per heavy atom. The van der Waals surface area contributed by atoms with Gasteiger partial charge in [0.1, 0.15) is 11.5 Å². The van der Waals surface area contributed by atoms with Gasteiger partial charge < -0.3 is 15.1 Å². The summed E-state index contributed by atoms with van der Waals surface area (Å²) in [6.45, 7) is 8.59. The van der Waals surface area contributed by atoms with Crippen LogP contribution in [0.25, 0.3) is 0 Å². The molecule has 1 aliphatic carbocycles. The van der Waals surface area contributed by atoms with E-state index in [1.807, 2.05) is 0 Å². The molecule has 2 fully saturated rings. The first-order valence-corrected chi connectivity index (χ1v) is 8.34. The first-order chi connectivity index (χ1) is 10.1. The molecule has 0 amide bonds. The van der Waals surface area contributed by atoms with Crippen molar-refractivity contribution >= 4 is 0 Å². The monoisotopic (exact) mass is 291 g/mol. The van der Waals surface area contributed by atoms with E-state index in [2.05, 4.69) is 42.8 Å². The van der Waals surface area contributed by atoms with Crippen LogP contribution in [0.2, 0.25) is 0 Å². The highest BCUT2D eigenvalue weighted by Gasteiger charge is 2.37. The van der Waals surface area contributed by atoms with Crippen molar-refractivity contribution < 1.29 is 4.42 Å². The number of nitrogens with zero attached hydrogens (tertiary/aromatic N) is 2. The molecule has 4 unspecified atom stereocenters. The van der Waals surface area contributed by atoms with E-state index in [0.29, 0.717) is 18.5 Å². The van der Waals surface area contributed by atoms with Gasteiger partial charge in [-0.2, -0.15) is 0 Å². The van der Waals surface area contributed by atoms with Crippen LogP contribution in [0.1, 0.15) is 50.2 Å². The Morgan fingerprint density at radius 1 is 1.33 bits per heavy atom. The van der Waals surface area contributed by atoms with Crippen molar-refractivity contribution in [3.8, 4) is 0 Å². The van der Waals surface area contributed by atoms with Crippen LogP contribution in [0.3, 0.4) is 0 Å². The molecule has 1 aliphatic heterocycles. The Morgan fingerprint density at radius 3 is 2.76 bits per heavy atom.